The molecule has 0 aromatic carbocycles. The van der Waals surface area contributed by atoms with Crippen molar-refractivity contribution in [2.24, 2.45) is 0 Å². The van der Waals surface area contributed by atoms with Crippen LogP contribution in [0.5, 0.6) is 0 Å². The van der Waals surface area contributed by atoms with Crippen molar-refractivity contribution in [1.29, 1.82) is 0 Å². The highest BCUT2D eigenvalue weighted by Crippen LogP contribution is 2.29. The minimum Gasteiger partial charge on any atom is -0.383 e. The van der Waals surface area contributed by atoms with Gasteiger partial charge in [-0.15, -0.1) is 0 Å². The molecule has 0 N–H and O–H groups in total. The van der Waals surface area contributed by atoms with E-state index in [9.17, 15) is 0 Å². The fourth-order valence-electron chi connectivity index (χ4n) is 5.02. The molecule has 0 spiro atoms. The van der Waals surface area contributed by atoms with Gasteiger partial charge in [0, 0.05) is 38.5 Å². The fraction of sp³-hybridized carbons (Fsp3) is 1.00. The Hall–Kier alpha value is 0.154. The SMILES string of the molecule is CCO[Si]1(OCC)CCCN1CCCN(C)CCCN1CCC[Si]1(OCC)OCC. The number of hydrogen-bond acceptors (Lipinski definition) is 7. The van der Waals surface area contributed by atoms with E-state index in [0.29, 0.717) is 0 Å². The average Bonchev–Trinajstić information content (AvgIpc) is 3.28. The predicted molar refractivity (Wildman–Crippen MR) is 127 cm³/mol. The fourth-order valence-corrected chi connectivity index (χ4v) is 12.1. The monoisotopic (exact) mass is 461 g/mol. The summed E-state index contributed by atoms with van der Waals surface area (Å²) in [6, 6.07) is 2.23. The van der Waals surface area contributed by atoms with E-state index < -0.39 is 17.4 Å². The van der Waals surface area contributed by atoms with Crippen molar-refractivity contribution in [1.82, 2.24) is 14.0 Å². The van der Waals surface area contributed by atoms with Crippen molar-refractivity contribution in [2.75, 3.05) is 72.7 Å². The first-order valence-electron chi connectivity index (χ1n) is 12.3. The van der Waals surface area contributed by atoms with Gasteiger partial charge in [0.25, 0.3) is 0 Å². The van der Waals surface area contributed by atoms with Gasteiger partial charge in [-0.2, -0.15) is 0 Å². The van der Waals surface area contributed by atoms with E-state index in [2.05, 4.69) is 48.8 Å². The Kier molecular flexibility index (Phi) is 12.0. The van der Waals surface area contributed by atoms with E-state index in [0.717, 1.165) is 77.8 Å². The summed E-state index contributed by atoms with van der Waals surface area (Å²) < 4.78 is 29.8. The smallest absolute Gasteiger partial charge is 0.383 e. The van der Waals surface area contributed by atoms with Gasteiger partial charge in [-0.25, -0.2) is 0 Å². The first-order chi connectivity index (χ1) is 14.6. The maximum absolute atomic E-state index is 6.19. The molecule has 9 heteroatoms. The Labute approximate surface area is 187 Å². The molecule has 0 atom stereocenters. The van der Waals surface area contributed by atoms with Gasteiger partial charge in [-0.1, -0.05) is 0 Å². The normalized spacial score (nSPS) is 21.8. The van der Waals surface area contributed by atoms with Crippen molar-refractivity contribution in [3.8, 4) is 0 Å². The van der Waals surface area contributed by atoms with Gasteiger partial charge in [0.1, 0.15) is 0 Å². The second-order valence-electron chi connectivity index (χ2n) is 8.35. The lowest BCUT2D eigenvalue weighted by atomic mass is 10.3. The Morgan fingerprint density at radius 1 is 0.667 bits per heavy atom. The van der Waals surface area contributed by atoms with Crippen molar-refractivity contribution >= 4 is 17.4 Å². The molecule has 0 aromatic rings. The van der Waals surface area contributed by atoms with Crippen LogP contribution in [0.15, 0.2) is 0 Å². The molecule has 0 saturated carbocycles. The molecule has 2 rings (SSSR count). The van der Waals surface area contributed by atoms with E-state index in [1.165, 1.54) is 25.7 Å². The van der Waals surface area contributed by atoms with Crippen LogP contribution in [0.2, 0.25) is 12.1 Å². The first-order valence-corrected chi connectivity index (χ1v) is 16.2. The molecular formula is C21H47N3O4Si2. The number of nitrogens with zero attached hydrogens (tertiary/aromatic N) is 3. The van der Waals surface area contributed by atoms with Crippen molar-refractivity contribution < 1.29 is 17.7 Å². The van der Waals surface area contributed by atoms with Crippen LogP contribution in [0.1, 0.15) is 53.4 Å². The van der Waals surface area contributed by atoms with Crippen LogP contribution in [0, 0.1) is 0 Å². The molecule has 2 heterocycles. The summed E-state index contributed by atoms with van der Waals surface area (Å²) >= 11 is 0. The third-order valence-electron chi connectivity index (χ3n) is 6.22. The number of hydrogen-bond donors (Lipinski definition) is 0. The molecule has 178 valence electrons. The van der Waals surface area contributed by atoms with E-state index in [4.69, 9.17) is 17.7 Å². The summed E-state index contributed by atoms with van der Waals surface area (Å²) in [6.07, 6.45) is 4.77. The molecule has 0 unspecified atom stereocenters. The van der Waals surface area contributed by atoms with Crippen LogP contribution in [-0.4, -0.2) is 104 Å². The highest BCUT2D eigenvalue weighted by molar-refractivity contribution is 6.65. The zero-order valence-electron chi connectivity index (χ0n) is 20.3. The highest BCUT2D eigenvalue weighted by atomic mass is 28.4. The van der Waals surface area contributed by atoms with Crippen molar-refractivity contribution in [3.63, 3.8) is 0 Å². The standard InChI is InChI=1S/C21H47N3O4Si2/c1-6-25-29(26-7-2)20-12-18-23(29)16-10-14-22(5)15-11-17-24-19-13-21-30(24,27-8-3)28-9-4/h6-21H2,1-5H3. The number of rotatable bonds is 16. The Bertz CT molecular complexity index is 424. The van der Waals surface area contributed by atoms with E-state index in [1.807, 2.05) is 0 Å². The summed E-state index contributed by atoms with van der Waals surface area (Å²) in [5.74, 6) is 0. The van der Waals surface area contributed by atoms with E-state index in [1.54, 1.807) is 0 Å². The first kappa shape index (κ1) is 26.4. The molecule has 0 amide bonds. The van der Waals surface area contributed by atoms with Crippen LogP contribution in [-0.2, 0) is 17.7 Å². The van der Waals surface area contributed by atoms with Gasteiger partial charge < -0.3 is 22.6 Å². The van der Waals surface area contributed by atoms with Gasteiger partial charge in [-0.3, -0.25) is 9.13 Å². The lowest BCUT2D eigenvalue weighted by molar-refractivity contribution is 0.132. The zero-order chi connectivity index (χ0) is 21.9. The maximum Gasteiger partial charge on any atom is 0.427 e. The third-order valence-corrected chi connectivity index (χ3v) is 14.0. The minimum absolute atomic E-state index is 0.757. The molecule has 2 fully saturated rings. The van der Waals surface area contributed by atoms with E-state index in [-0.39, 0.29) is 0 Å². The minimum atomic E-state index is -2.12. The van der Waals surface area contributed by atoms with Gasteiger partial charge in [0.2, 0.25) is 0 Å². The Balaban J connectivity index is 1.70. The zero-order valence-corrected chi connectivity index (χ0v) is 22.3. The molecule has 0 aromatic heterocycles. The van der Waals surface area contributed by atoms with Gasteiger partial charge in [0.15, 0.2) is 0 Å². The van der Waals surface area contributed by atoms with Gasteiger partial charge >= 0.3 is 17.4 Å². The molecule has 0 aliphatic carbocycles. The molecule has 2 aliphatic heterocycles. The van der Waals surface area contributed by atoms with Crippen molar-refractivity contribution in [2.45, 2.75) is 65.5 Å². The Morgan fingerprint density at radius 3 is 1.37 bits per heavy atom. The lowest BCUT2D eigenvalue weighted by Crippen LogP contribution is -2.55. The van der Waals surface area contributed by atoms with E-state index >= 15 is 0 Å². The summed E-state index contributed by atoms with van der Waals surface area (Å²) in [5, 5.41) is 0. The van der Waals surface area contributed by atoms with Crippen LogP contribution in [0.3, 0.4) is 0 Å². The average molecular weight is 462 g/mol. The van der Waals surface area contributed by atoms with Crippen LogP contribution >= 0.6 is 0 Å². The maximum atomic E-state index is 6.19. The summed E-state index contributed by atoms with van der Waals surface area (Å²) in [5.41, 5.74) is 0. The molecular weight excluding hydrogens is 414 g/mol. The van der Waals surface area contributed by atoms with Crippen LogP contribution in [0.25, 0.3) is 0 Å². The quantitative estimate of drug-likeness (QED) is 0.327. The molecule has 2 aliphatic rings. The Morgan fingerprint density at radius 2 is 1.03 bits per heavy atom. The highest BCUT2D eigenvalue weighted by Gasteiger charge is 2.49. The van der Waals surface area contributed by atoms with Crippen LogP contribution < -0.4 is 0 Å². The third kappa shape index (κ3) is 7.08. The predicted octanol–water partition coefficient (Wildman–Crippen LogP) is 3.13. The van der Waals surface area contributed by atoms with Gasteiger partial charge in [-0.05, 0) is 99.7 Å². The lowest BCUT2D eigenvalue weighted by Gasteiger charge is -2.35. The molecule has 30 heavy (non-hydrogen) atoms. The summed E-state index contributed by atoms with van der Waals surface area (Å²) in [7, 11) is -2.00. The summed E-state index contributed by atoms with van der Waals surface area (Å²) in [6.45, 7) is 18.1. The van der Waals surface area contributed by atoms with Gasteiger partial charge in [0.05, 0.1) is 0 Å². The van der Waals surface area contributed by atoms with Crippen LogP contribution in [0.4, 0.5) is 0 Å². The topological polar surface area (TPSA) is 46.6 Å². The summed E-state index contributed by atoms with van der Waals surface area (Å²) in [4.78, 5) is 2.47. The molecule has 0 radical (unpaired) electrons. The second-order valence-corrected chi connectivity index (χ2v) is 14.6. The second kappa shape index (κ2) is 13.6. The van der Waals surface area contributed by atoms with Crippen molar-refractivity contribution in [3.05, 3.63) is 0 Å². The molecule has 7 nitrogen and oxygen atoms in total. The largest absolute Gasteiger partial charge is 0.427 e. The molecule has 0 bridgehead atoms. The molecule has 2 saturated heterocycles.